The molecule has 1 saturated heterocycles. The number of para-hydroxylation sites is 1. The van der Waals surface area contributed by atoms with Crippen molar-refractivity contribution < 1.29 is 4.79 Å². The molecule has 0 saturated carbocycles. The van der Waals surface area contributed by atoms with Gasteiger partial charge in [0.05, 0.1) is 12.0 Å². The van der Waals surface area contributed by atoms with Gasteiger partial charge >= 0.3 is 6.03 Å². The molecular weight excluding hydrogens is 308 g/mol. The molecule has 0 radical (unpaired) electrons. The normalized spacial score (nSPS) is 15.7. The third-order valence-corrected chi connectivity index (χ3v) is 5.21. The zero-order chi connectivity index (χ0) is 16.2. The fourth-order valence-corrected chi connectivity index (χ4v) is 3.67. The minimum Gasteiger partial charge on any atom is -0.348 e. The number of anilines is 1. The molecule has 1 aliphatic rings. The van der Waals surface area contributed by atoms with E-state index in [1.165, 1.54) is 5.69 Å². The first-order valence-corrected chi connectivity index (χ1v) is 9.09. The van der Waals surface area contributed by atoms with Crippen LogP contribution in [-0.2, 0) is 0 Å². The lowest BCUT2D eigenvalue weighted by Crippen LogP contribution is -2.40. The maximum Gasteiger partial charge on any atom is 0.321 e. The number of imidazole rings is 1. The molecule has 5 nitrogen and oxygen atoms in total. The first kappa shape index (κ1) is 15.9. The van der Waals surface area contributed by atoms with Gasteiger partial charge in [-0.3, -0.25) is 0 Å². The van der Waals surface area contributed by atoms with Crippen molar-refractivity contribution in [2.45, 2.75) is 30.6 Å². The van der Waals surface area contributed by atoms with Gasteiger partial charge in [0.15, 0.2) is 0 Å². The highest BCUT2D eigenvalue weighted by Crippen LogP contribution is 2.30. The monoisotopic (exact) mass is 330 g/mol. The Morgan fingerprint density at radius 3 is 2.83 bits per heavy atom. The van der Waals surface area contributed by atoms with Crippen LogP contribution in [0.5, 0.6) is 0 Å². The summed E-state index contributed by atoms with van der Waals surface area (Å²) >= 11 is 1.65. The number of likely N-dealkylation sites (tertiary alicyclic amines) is 1. The second kappa shape index (κ2) is 7.08. The number of piperidine rings is 1. The van der Waals surface area contributed by atoms with E-state index in [0.717, 1.165) is 42.1 Å². The van der Waals surface area contributed by atoms with Crippen molar-refractivity contribution in [2.24, 2.45) is 0 Å². The van der Waals surface area contributed by atoms with Gasteiger partial charge in [-0.25, -0.2) is 9.78 Å². The first-order valence-electron chi connectivity index (χ1n) is 7.87. The Morgan fingerprint density at radius 1 is 1.39 bits per heavy atom. The highest BCUT2D eigenvalue weighted by molar-refractivity contribution is 7.98. The number of H-pyrrole nitrogens is 1. The Labute approximate surface area is 140 Å². The number of amides is 2. The number of hydrogen-bond acceptors (Lipinski definition) is 3. The Balaban J connectivity index is 1.62. The number of aryl methyl sites for hydroxylation is 1. The average molecular weight is 330 g/mol. The van der Waals surface area contributed by atoms with E-state index < -0.39 is 0 Å². The van der Waals surface area contributed by atoms with Crippen LogP contribution in [0, 0.1) is 6.92 Å². The standard InChI is InChI=1S/C17H22N4OS/c1-12-4-3-5-15(23-2)16(12)20-17(22)21-8-6-13(7-9-21)14-10-18-11-19-14/h3-5,10-11,13H,6-9H2,1-2H3,(H,18,19)(H,20,22). The van der Waals surface area contributed by atoms with E-state index in [2.05, 4.69) is 15.3 Å². The fraction of sp³-hybridized carbons (Fsp3) is 0.412. The molecule has 2 amide bonds. The molecule has 1 aromatic carbocycles. The largest absolute Gasteiger partial charge is 0.348 e. The lowest BCUT2D eigenvalue weighted by Gasteiger charge is -2.31. The zero-order valence-corrected chi connectivity index (χ0v) is 14.3. The van der Waals surface area contributed by atoms with E-state index in [9.17, 15) is 4.79 Å². The molecule has 2 aromatic rings. The number of rotatable bonds is 3. The van der Waals surface area contributed by atoms with E-state index in [1.807, 2.05) is 42.5 Å². The van der Waals surface area contributed by atoms with Gasteiger partial charge in [-0.1, -0.05) is 12.1 Å². The summed E-state index contributed by atoms with van der Waals surface area (Å²) in [4.78, 5) is 22.8. The van der Waals surface area contributed by atoms with Gasteiger partial charge in [0.25, 0.3) is 0 Å². The molecule has 0 spiro atoms. The minimum absolute atomic E-state index is 0.00217. The quantitative estimate of drug-likeness (QED) is 0.840. The van der Waals surface area contributed by atoms with Crippen LogP contribution in [0.25, 0.3) is 0 Å². The zero-order valence-electron chi connectivity index (χ0n) is 13.5. The lowest BCUT2D eigenvalue weighted by molar-refractivity contribution is 0.194. The van der Waals surface area contributed by atoms with Gasteiger partial charge in [-0.05, 0) is 37.7 Å². The summed E-state index contributed by atoms with van der Waals surface area (Å²) < 4.78 is 0. The number of thioether (sulfide) groups is 1. The number of nitrogens with one attached hydrogen (secondary N) is 2. The van der Waals surface area contributed by atoms with Crippen molar-refractivity contribution in [2.75, 3.05) is 24.7 Å². The van der Waals surface area contributed by atoms with Crippen molar-refractivity contribution in [3.63, 3.8) is 0 Å². The third kappa shape index (κ3) is 3.52. The Morgan fingerprint density at radius 2 is 2.17 bits per heavy atom. The van der Waals surface area contributed by atoms with Gasteiger partial charge in [-0.2, -0.15) is 0 Å². The van der Waals surface area contributed by atoms with Crippen LogP contribution < -0.4 is 5.32 Å². The summed E-state index contributed by atoms with van der Waals surface area (Å²) in [6, 6.07) is 6.09. The number of benzene rings is 1. The second-order valence-electron chi connectivity index (χ2n) is 5.85. The molecule has 3 rings (SSSR count). The molecule has 122 valence electrons. The molecule has 0 atom stereocenters. The molecule has 0 bridgehead atoms. The number of hydrogen-bond donors (Lipinski definition) is 2. The predicted octanol–water partition coefficient (Wildman–Crippen LogP) is 3.85. The van der Waals surface area contributed by atoms with Crippen molar-refractivity contribution in [1.29, 1.82) is 0 Å². The first-order chi connectivity index (χ1) is 11.2. The summed E-state index contributed by atoms with van der Waals surface area (Å²) in [5.74, 6) is 0.474. The molecule has 0 unspecified atom stereocenters. The Hall–Kier alpha value is -1.95. The van der Waals surface area contributed by atoms with Crippen LogP contribution in [0.3, 0.4) is 0 Å². The lowest BCUT2D eigenvalue weighted by atomic mass is 9.94. The molecular formula is C17H22N4OS. The van der Waals surface area contributed by atoms with Gasteiger partial charge < -0.3 is 15.2 Å². The minimum atomic E-state index is -0.00217. The molecule has 23 heavy (non-hydrogen) atoms. The van der Waals surface area contributed by atoms with Crippen molar-refractivity contribution in [3.8, 4) is 0 Å². The van der Waals surface area contributed by atoms with Crippen LogP contribution in [0.4, 0.5) is 10.5 Å². The molecule has 1 aliphatic heterocycles. The maximum absolute atomic E-state index is 12.6. The van der Waals surface area contributed by atoms with E-state index in [4.69, 9.17) is 0 Å². The van der Waals surface area contributed by atoms with Gasteiger partial charge in [0.1, 0.15) is 0 Å². The van der Waals surface area contributed by atoms with Gasteiger partial charge in [0, 0.05) is 35.8 Å². The van der Waals surface area contributed by atoms with E-state index in [1.54, 1.807) is 18.1 Å². The maximum atomic E-state index is 12.6. The van der Waals surface area contributed by atoms with Crippen molar-refractivity contribution in [1.82, 2.24) is 14.9 Å². The third-order valence-electron chi connectivity index (χ3n) is 4.43. The number of carbonyl (C=O) groups is 1. The molecule has 2 N–H and O–H groups in total. The smallest absolute Gasteiger partial charge is 0.321 e. The summed E-state index contributed by atoms with van der Waals surface area (Å²) in [6.07, 6.45) is 7.58. The van der Waals surface area contributed by atoms with Crippen LogP contribution >= 0.6 is 11.8 Å². The summed E-state index contributed by atoms with van der Waals surface area (Å²) in [5, 5.41) is 3.10. The van der Waals surface area contributed by atoms with E-state index >= 15 is 0 Å². The van der Waals surface area contributed by atoms with Crippen molar-refractivity contribution >= 4 is 23.5 Å². The summed E-state index contributed by atoms with van der Waals surface area (Å²) in [7, 11) is 0. The number of aromatic nitrogens is 2. The van der Waals surface area contributed by atoms with Crippen LogP contribution in [0.2, 0.25) is 0 Å². The van der Waals surface area contributed by atoms with Crippen LogP contribution in [-0.4, -0.2) is 40.2 Å². The van der Waals surface area contributed by atoms with Crippen molar-refractivity contribution in [3.05, 3.63) is 42.0 Å². The highest BCUT2D eigenvalue weighted by atomic mass is 32.2. The van der Waals surface area contributed by atoms with Crippen LogP contribution in [0.15, 0.2) is 35.6 Å². The summed E-state index contributed by atoms with van der Waals surface area (Å²) in [6.45, 7) is 3.58. The molecule has 2 heterocycles. The Bertz CT molecular complexity index is 663. The van der Waals surface area contributed by atoms with E-state index in [-0.39, 0.29) is 6.03 Å². The average Bonchev–Trinajstić information content (AvgIpc) is 3.11. The highest BCUT2D eigenvalue weighted by Gasteiger charge is 2.25. The topological polar surface area (TPSA) is 61.0 Å². The number of urea groups is 1. The van der Waals surface area contributed by atoms with Gasteiger partial charge in [0.2, 0.25) is 0 Å². The number of aromatic amines is 1. The Kier molecular flexibility index (Phi) is 4.91. The number of nitrogens with zero attached hydrogens (tertiary/aromatic N) is 2. The molecule has 1 fully saturated rings. The number of carbonyl (C=O) groups excluding carboxylic acids is 1. The SMILES string of the molecule is CSc1cccc(C)c1NC(=O)N1CCC(c2cnc[nH]2)CC1. The van der Waals surface area contributed by atoms with Crippen LogP contribution in [0.1, 0.15) is 30.0 Å². The summed E-state index contributed by atoms with van der Waals surface area (Å²) in [5.41, 5.74) is 3.20. The predicted molar refractivity (Wildman–Crippen MR) is 94.1 cm³/mol. The molecule has 0 aliphatic carbocycles. The second-order valence-corrected chi connectivity index (χ2v) is 6.70. The molecule has 6 heteroatoms. The fourth-order valence-electron chi connectivity index (χ4n) is 3.04. The van der Waals surface area contributed by atoms with E-state index in [0.29, 0.717) is 5.92 Å². The molecule has 1 aromatic heterocycles. The van der Waals surface area contributed by atoms with Gasteiger partial charge in [-0.15, -0.1) is 11.8 Å².